The molecule has 0 unspecified atom stereocenters. The van der Waals surface area contributed by atoms with Crippen LogP contribution >= 0.6 is 11.8 Å². The molecule has 0 aliphatic rings. The Balaban J connectivity index is 2.48. The average Bonchev–Trinajstić information content (AvgIpc) is 2.44. The second kappa shape index (κ2) is 6.20. The minimum absolute atomic E-state index is 0.554. The van der Waals surface area contributed by atoms with Crippen molar-refractivity contribution in [2.45, 2.75) is 6.92 Å². The first kappa shape index (κ1) is 13.4. The molecule has 2 aromatic rings. The number of benzene rings is 1. The van der Waals surface area contributed by atoms with Crippen LogP contribution in [0, 0.1) is 0 Å². The van der Waals surface area contributed by atoms with Crippen LogP contribution in [0.4, 0.5) is 5.82 Å². The van der Waals surface area contributed by atoms with Gasteiger partial charge in [0, 0.05) is 16.5 Å². The highest BCUT2D eigenvalue weighted by Crippen LogP contribution is 2.30. The third kappa shape index (κ3) is 3.03. The fraction of sp³-hybridized carbons (Fsp3) is 0.0667. The predicted octanol–water partition coefficient (Wildman–Crippen LogP) is 4.04. The van der Waals surface area contributed by atoms with Crippen molar-refractivity contribution in [3.8, 4) is 0 Å². The Hall–Kier alpha value is -2.07. The Morgan fingerprint density at radius 2 is 2.21 bits per heavy atom. The van der Waals surface area contributed by atoms with E-state index in [1.54, 1.807) is 18.0 Å². The summed E-state index contributed by atoms with van der Waals surface area (Å²) in [5, 5.41) is 6.45. The summed E-state index contributed by atoms with van der Waals surface area (Å²) in [5.41, 5.74) is 1.13. The first-order valence-corrected chi connectivity index (χ1v) is 6.70. The van der Waals surface area contributed by atoms with E-state index < -0.39 is 0 Å². The Kier molecular flexibility index (Phi) is 4.36. The molecular weight excluding hydrogens is 256 g/mol. The van der Waals surface area contributed by atoms with Crippen molar-refractivity contribution in [2.75, 3.05) is 5.32 Å². The van der Waals surface area contributed by atoms with Gasteiger partial charge >= 0.3 is 0 Å². The number of hydrogen-bond donors (Lipinski definition) is 1. The predicted molar refractivity (Wildman–Crippen MR) is 82.9 cm³/mol. The first-order chi connectivity index (χ1) is 9.28. The molecule has 0 saturated carbocycles. The number of aromatic nitrogens is 1. The van der Waals surface area contributed by atoms with E-state index in [4.69, 9.17) is 0 Å². The standard InChI is InChI=1S/C15H14N2OS/c1-3-14(19-4-2)11-5-6-12-9-16-15(17-10-18)8-13(12)7-11/h3-10H,2H2,1H3,(H,16,17,18)/b14-3-. The SMILES string of the molecule is C=CS/C(=C\C)c1ccc2cnc(NC=O)cc2c1. The van der Waals surface area contributed by atoms with Crippen LogP contribution in [-0.4, -0.2) is 11.4 Å². The van der Waals surface area contributed by atoms with Crippen LogP contribution in [0.15, 0.2) is 48.5 Å². The molecule has 0 aliphatic carbocycles. The monoisotopic (exact) mass is 270 g/mol. The summed E-state index contributed by atoms with van der Waals surface area (Å²) < 4.78 is 0. The zero-order valence-electron chi connectivity index (χ0n) is 10.6. The molecule has 0 radical (unpaired) electrons. The van der Waals surface area contributed by atoms with Crippen molar-refractivity contribution < 1.29 is 4.79 Å². The number of carbonyl (C=O) groups is 1. The number of allylic oxidation sites excluding steroid dienone is 1. The van der Waals surface area contributed by atoms with E-state index in [0.717, 1.165) is 21.2 Å². The number of carbonyl (C=O) groups excluding carboxylic acids is 1. The smallest absolute Gasteiger partial charge is 0.212 e. The van der Waals surface area contributed by atoms with E-state index in [1.165, 1.54) is 0 Å². The van der Waals surface area contributed by atoms with Crippen molar-refractivity contribution >= 4 is 39.7 Å². The van der Waals surface area contributed by atoms with Gasteiger partial charge in [-0.1, -0.05) is 36.5 Å². The third-order valence-electron chi connectivity index (χ3n) is 2.69. The lowest BCUT2D eigenvalue weighted by Gasteiger charge is -2.07. The number of thioether (sulfide) groups is 1. The van der Waals surface area contributed by atoms with Gasteiger partial charge in [0.15, 0.2) is 0 Å². The fourth-order valence-corrected chi connectivity index (χ4v) is 2.40. The summed E-state index contributed by atoms with van der Waals surface area (Å²) >= 11 is 1.59. The summed E-state index contributed by atoms with van der Waals surface area (Å²) in [6.07, 6.45) is 4.43. The molecule has 1 aromatic heterocycles. The average molecular weight is 270 g/mol. The van der Waals surface area contributed by atoms with E-state index in [0.29, 0.717) is 12.2 Å². The van der Waals surface area contributed by atoms with Gasteiger partial charge in [-0.25, -0.2) is 4.98 Å². The molecule has 1 N–H and O–H groups in total. The van der Waals surface area contributed by atoms with Crippen LogP contribution in [0.25, 0.3) is 15.7 Å². The van der Waals surface area contributed by atoms with Gasteiger partial charge in [-0.3, -0.25) is 4.79 Å². The number of amides is 1. The van der Waals surface area contributed by atoms with Crippen molar-refractivity contribution in [1.29, 1.82) is 0 Å². The van der Waals surface area contributed by atoms with Crippen LogP contribution in [-0.2, 0) is 4.79 Å². The number of anilines is 1. The fourth-order valence-electron chi connectivity index (χ4n) is 1.83. The van der Waals surface area contributed by atoms with Crippen LogP contribution in [0.3, 0.4) is 0 Å². The zero-order chi connectivity index (χ0) is 13.7. The van der Waals surface area contributed by atoms with E-state index >= 15 is 0 Å². The minimum atomic E-state index is 0.554. The molecule has 0 spiro atoms. The highest BCUT2D eigenvalue weighted by Gasteiger charge is 2.03. The molecule has 0 bridgehead atoms. The highest BCUT2D eigenvalue weighted by atomic mass is 32.2. The second-order valence-electron chi connectivity index (χ2n) is 3.83. The number of fused-ring (bicyclic) bond motifs is 1. The number of nitrogens with one attached hydrogen (secondary N) is 1. The topological polar surface area (TPSA) is 42.0 Å². The molecule has 1 heterocycles. The van der Waals surface area contributed by atoms with Crippen LogP contribution in [0.5, 0.6) is 0 Å². The molecule has 0 fully saturated rings. The normalized spacial score (nSPS) is 11.3. The third-order valence-corrected chi connectivity index (χ3v) is 3.58. The van der Waals surface area contributed by atoms with Crippen LogP contribution < -0.4 is 5.32 Å². The summed E-state index contributed by atoms with van der Waals surface area (Å²) in [7, 11) is 0. The van der Waals surface area contributed by atoms with E-state index in [9.17, 15) is 4.79 Å². The van der Waals surface area contributed by atoms with Gasteiger partial charge in [-0.15, -0.1) is 0 Å². The molecule has 1 aromatic carbocycles. The van der Waals surface area contributed by atoms with E-state index in [2.05, 4.69) is 35.1 Å². The number of pyridine rings is 1. The van der Waals surface area contributed by atoms with Gasteiger partial charge in [0.05, 0.1) is 0 Å². The van der Waals surface area contributed by atoms with Crippen molar-refractivity contribution in [3.05, 3.63) is 54.1 Å². The van der Waals surface area contributed by atoms with Gasteiger partial charge in [0.1, 0.15) is 5.82 Å². The van der Waals surface area contributed by atoms with Gasteiger partial charge in [0.2, 0.25) is 6.41 Å². The van der Waals surface area contributed by atoms with Gasteiger partial charge in [-0.05, 0) is 35.4 Å². The minimum Gasteiger partial charge on any atom is -0.313 e. The van der Waals surface area contributed by atoms with Crippen LogP contribution in [0.2, 0.25) is 0 Å². The lowest BCUT2D eigenvalue weighted by Crippen LogP contribution is -1.96. The Bertz CT molecular complexity index is 650. The molecule has 3 nitrogen and oxygen atoms in total. The molecule has 1 amide bonds. The Morgan fingerprint density at radius 1 is 1.37 bits per heavy atom. The number of hydrogen-bond acceptors (Lipinski definition) is 3. The zero-order valence-corrected chi connectivity index (χ0v) is 11.4. The molecule has 0 aliphatic heterocycles. The molecule has 2 rings (SSSR count). The first-order valence-electron chi connectivity index (χ1n) is 5.82. The maximum Gasteiger partial charge on any atom is 0.212 e. The molecular formula is C15H14N2OS. The van der Waals surface area contributed by atoms with E-state index in [-0.39, 0.29) is 0 Å². The maximum atomic E-state index is 10.4. The molecule has 96 valence electrons. The Morgan fingerprint density at radius 3 is 2.89 bits per heavy atom. The highest BCUT2D eigenvalue weighted by molar-refractivity contribution is 8.10. The van der Waals surface area contributed by atoms with E-state index in [1.807, 2.05) is 24.5 Å². The quantitative estimate of drug-likeness (QED) is 0.834. The molecule has 4 heteroatoms. The molecule has 0 atom stereocenters. The second-order valence-corrected chi connectivity index (χ2v) is 4.84. The van der Waals surface area contributed by atoms with Crippen molar-refractivity contribution in [1.82, 2.24) is 4.98 Å². The summed E-state index contributed by atoms with van der Waals surface area (Å²) in [6, 6.07) is 8.02. The van der Waals surface area contributed by atoms with Crippen molar-refractivity contribution in [3.63, 3.8) is 0 Å². The summed E-state index contributed by atoms with van der Waals surface area (Å²) in [6.45, 7) is 5.74. The molecule has 19 heavy (non-hydrogen) atoms. The maximum absolute atomic E-state index is 10.4. The Labute approximate surface area is 116 Å². The van der Waals surface area contributed by atoms with Crippen molar-refractivity contribution in [2.24, 2.45) is 0 Å². The van der Waals surface area contributed by atoms with Gasteiger partial charge in [-0.2, -0.15) is 0 Å². The molecule has 0 saturated heterocycles. The number of rotatable bonds is 5. The largest absolute Gasteiger partial charge is 0.313 e. The summed E-state index contributed by atoms with van der Waals surface area (Å²) in [4.78, 5) is 15.7. The lowest BCUT2D eigenvalue weighted by molar-refractivity contribution is -0.105. The lowest BCUT2D eigenvalue weighted by atomic mass is 10.1. The van der Waals surface area contributed by atoms with Gasteiger partial charge < -0.3 is 5.32 Å². The van der Waals surface area contributed by atoms with Crippen LogP contribution in [0.1, 0.15) is 12.5 Å². The van der Waals surface area contributed by atoms with Gasteiger partial charge in [0.25, 0.3) is 0 Å². The number of nitrogens with zero attached hydrogens (tertiary/aromatic N) is 1. The summed E-state index contributed by atoms with van der Waals surface area (Å²) in [5.74, 6) is 0.554.